The van der Waals surface area contributed by atoms with Gasteiger partial charge in [-0.2, -0.15) is 0 Å². The van der Waals surface area contributed by atoms with Crippen LogP contribution in [0.15, 0.2) is 5.16 Å². The lowest BCUT2D eigenvalue weighted by atomic mass is 9.45. The number of hydrogen-bond acceptors (Lipinski definition) is 2. The van der Waals surface area contributed by atoms with Gasteiger partial charge in [-0.05, 0) is 80.5 Å². The molecule has 0 aromatic carbocycles. The summed E-state index contributed by atoms with van der Waals surface area (Å²) < 4.78 is 0. The van der Waals surface area contributed by atoms with Gasteiger partial charge in [-0.3, -0.25) is 0 Å². The lowest BCUT2D eigenvalue weighted by Gasteiger charge is -2.59. The van der Waals surface area contributed by atoms with Gasteiger partial charge in [-0.1, -0.05) is 31.8 Å². The molecule has 2 nitrogen and oxygen atoms in total. The molecule has 0 spiro atoms. The Morgan fingerprint density at radius 2 is 1.81 bits per heavy atom. The third-order valence-electron chi connectivity index (χ3n) is 8.44. The molecule has 4 fully saturated rings. The molecule has 0 aliphatic heterocycles. The number of hydrogen-bond donors (Lipinski definition) is 1. The molecule has 0 aromatic rings. The van der Waals surface area contributed by atoms with Crippen molar-refractivity contribution in [2.45, 2.75) is 78.1 Å². The van der Waals surface area contributed by atoms with E-state index in [1.54, 1.807) is 0 Å². The van der Waals surface area contributed by atoms with Crippen LogP contribution in [0.4, 0.5) is 0 Å². The molecule has 4 saturated carbocycles. The van der Waals surface area contributed by atoms with Crippen molar-refractivity contribution in [3.63, 3.8) is 0 Å². The average Bonchev–Trinajstić information content (AvgIpc) is 2.83. The number of oxime groups is 1. The van der Waals surface area contributed by atoms with Gasteiger partial charge in [0.1, 0.15) is 0 Å². The quantitative estimate of drug-likeness (QED) is 0.479. The van der Waals surface area contributed by atoms with Crippen LogP contribution in [0.5, 0.6) is 0 Å². The van der Waals surface area contributed by atoms with Crippen LogP contribution >= 0.6 is 0 Å². The first-order chi connectivity index (χ1) is 10.1. The minimum absolute atomic E-state index is 0.216. The highest BCUT2D eigenvalue weighted by molar-refractivity contribution is 5.91. The fourth-order valence-electron chi connectivity index (χ4n) is 7.25. The van der Waals surface area contributed by atoms with Crippen molar-refractivity contribution in [1.82, 2.24) is 0 Å². The van der Waals surface area contributed by atoms with E-state index in [1.807, 2.05) is 0 Å². The second-order valence-corrected chi connectivity index (χ2v) is 8.94. The van der Waals surface area contributed by atoms with Gasteiger partial charge in [0, 0.05) is 5.41 Å². The summed E-state index contributed by atoms with van der Waals surface area (Å²) in [4.78, 5) is 0. The molecule has 1 N–H and O–H groups in total. The van der Waals surface area contributed by atoms with E-state index in [2.05, 4.69) is 19.0 Å². The van der Waals surface area contributed by atoms with E-state index in [4.69, 9.17) is 0 Å². The molecule has 4 aliphatic rings. The van der Waals surface area contributed by atoms with Gasteiger partial charge in [-0.15, -0.1) is 0 Å². The monoisotopic (exact) mass is 289 g/mol. The molecule has 118 valence electrons. The van der Waals surface area contributed by atoms with E-state index in [0.29, 0.717) is 5.41 Å². The molecule has 4 aliphatic carbocycles. The largest absolute Gasteiger partial charge is 0.411 e. The summed E-state index contributed by atoms with van der Waals surface area (Å²) >= 11 is 0. The molecule has 0 radical (unpaired) electrons. The Morgan fingerprint density at radius 3 is 2.62 bits per heavy atom. The van der Waals surface area contributed by atoms with Crippen molar-refractivity contribution >= 4 is 5.71 Å². The third kappa shape index (κ3) is 1.80. The Bertz CT molecular complexity index is 458. The summed E-state index contributed by atoms with van der Waals surface area (Å²) in [6, 6.07) is 0. The summed E-state index contributed by atoms with van der Waals surface area (Å²) in [5, 5.41) is 13.1. The first kappa shape index (κ1) is 14.1. The molecular formula is C19H31NO. The molecule has 0 amide bonds. The average molecular weight is 289 g/mol. The van der Waals surface area contributed by atoms with Crippen LogP contribution in [0.3, 0.4) is 0 Å². The molecule has 0 saturated heterocycles. The number of rotatable bonds is 0. The third-order valence-corrected chi connectivity index (χ3v) is 8.44. The lowest BCUT2D eigenvalue weighted by molar-refractivity contribution is -0.0938. The zero-order chi connectivity index (χ0) is 14.7. The Morgan fingerprint density at radius 1 is 0.952 bits per heavy atom. The number of fused-ring (bicyclic) bond motifs is 5. The van der Waals surface area contributed by atoms with Gasteiger partial charge >= 0.3 is 0 Å². The SMILES string of the molecule is C[C@]12CCCC[C@H]1CC[C@H]1[C@H]3CC/C(=N/O)[C@]3(C)CC[C@@H]12. The smallest absolute Gasteiger partial charge is 0.0632 e. The maximum atomic E-state index is 9.39. The predicted molar refractivity (Wildman–Crippen MR) is 85.6 cm³/mol. The van der Waals surface area contributed by atoms with Crippen molar-refractivity contribution in [2.24, 2.45) is 39.7 Å². The standard InChI is InChI=1S/C19H31NO/c1-18-11-4-3-5-13(18)6-7-14-15-8-9-17(20-21)19(15,2)12-10-16(14)18/h13-16,21H,3-12H2,1-2H3/b20-17-/t13-,14-,15+,16-,18-,19+/m0/s1. The van der Waals surface area contributed by atoms with Gasteiger partial charge in [0.15, 0.2) is 0 Å². The second kappa shape index (κ2) is 4.73. The van der Waals surface area contributed by atoms with E-state index in [0.717, 1.165) is 35.8 Å². The van der Waals surface area contributed by atoms with Crippen molar-refractivity contribution in [3.8, 4) is 0 Å². The molecular weight excluding hydrogens is 258 g/mol. The molecule has 0 aromatic heterocycles. The summed E-state index contributed by atoms with van der Waals surface area (Å²) in [7, 11) is 0. The summed E-state index contributed by atoms with van der Waals surface area (Å²) in [5.74, 6) is 3.65. The maximum Gasteiger partial charge on any atom is 0.0632 e. The summed E-state index contributed by atoms with van der Waals surface area (Å²) in [5.41, 5.74) is 1.96. The van der Waals surface area contributed by atoms with Gasteiger partial charge in [0.25, 0.3) is 0 Å². The van der Waals surface area contributed by atoms with Gasteiger partial charge in [0.05, 0.1) is 5.71 Å². The van der Waals surface area contributed by atoms with Crippen molar-refractivity contribution in [2.75, 3.05) is 0 Å². The molecule has 4 rings (SSSR count). The minimum atomic E-state index is 0.216. The van der Waals surface area contributed by atoms with Crippen LogP contribution in [0.1, 0.15) is 78.1 Å². The van der Waals surface area contributed by atoms with Crippen LogP contribution in [0, 0.1) is 34.5 Å². The van der Waals surface area contributed by atoms with Crippen LogP contribution in [0.25, 0.3) is 0 Å². The highest BCUT2D eigenvalue weighted by Gasteiger charge is 2.59. The van der Waals surface area contributed by atoms with E-state index in [1.165, 1.54) is 57.8 Å². The van der Waals surface area contributed by atoms with Gasteiger partial charge in [-0.25, -0.2) is 0 Å². The Labute approximate surface area is 129 Å². The topological polar surface area (TPSA) is 32.6 Å². The van der Waals surface area contributed by atoms with E-state index < -0.39 is 0 Å². The fraction of sp³-hybridized carbons (Fsp3) is 0.947. The van der Waals surface area contributed by atoms with Crippen molar-refractivity contribution in [3.05, 3.63) is 0 Å². The Kier molecular flexibility index (Phi) is 3.17. The van der Waals surface area contributed by atoms with E-state index >= 15 is 0 Å². The molecule has 6 atom stereocenters. The van der Waals surface area contributed by atoms with Crippen LogP contribution < -0.4 is 0 Å². The second-order valence-electron chi connectivity index (χ2n) is 8.94. The summed E-state index contributed by atoms with van der Waals surface area (Å²) in [6.45, 7) is 5.03. The van der Waals surface area contributed by atoms with Crippen LogP contribution in [-0.2, 0) is 0 Å². The molecule has 2 heteroatoms. The first-order valence-corrected chi connectivity index (χ1v) is 9.31. The van der Waals surface area contributed by atoms with Crippen LogP contribution in [-0.4, -0.2) is 10.9 Å². The van der Waals surface area contributed by atoms with Gasteiger partial charge < -0.3 is 5.21 Å². The normalized spacial score (nSPS) is 54.9. The molecule has 0 bridgehead atoms. The Balaban J connectivity index is 1.66. The van der Waals surface area contributed by atoms with Crippen molar-refractivity contribution in [1.29, 1.82) is 0 Å². The minimum Gasteiger partial charge on any atom is -0.411 e. The van der Waals surface area contributed by atoms with Crippen molar-refractivity contribution < 1.29 is 5.21 Å². The predicted octanol–water partition coefficient (Wildman–Crippen LogP) is 5.25. The highest BCUT2D eigenvalue weighted by atomic mass is 16.4. The zero-order valence-electron chi connectivity index (χ0n) is 13.8. The number of nitrogens with zero attached hydrogens (tertiary/aromatic N) is 1. The fourth-order valence-corrected chi connectivity index (χ4v) is 7.25. The zero-order valence-corrected chi connectivity index (χ0v) is 13.8. The van der Waals surface area contributed by atoms with E-state index in [-0.39, 0.29) is 5.41 Å². The lowest BCUT2D eigenvalue weighted by Crippen LogP contribution is -2.52. The first-order valence-electron chi connectivity index (χ1n) is 9.31. The summed E-state index contributed by atoms with van der Waals surface area (Å²) in [6.07, 6.45) is 13.8. The van der Waals surface area contributed by atoms with Crippen LogP contribution in [0.2, 0.25) is 0 Å². The molecule has 0 heterocycles. The maximum absolute atomic E-state index is 9.39. The highest BCUT2D eigenvalue weighted by Crippen LogP contribution is 2.65. The molecule has 0 unspecified atom stereocenters. The van der Waals surface area contributed by atoms with E-state index in [9.17, 15) is 5.21 Å². The van der Waals surface area contributed by atoms with Gasteiger partial charge in [0.2, 0.25) is 0 Å². The Hall–Kier alpha value is -0.530. The molecule has 21 heavy (non-hydrogen) atoms.